The lowest BCUT2D eigenvalue weighted by atomic mass is 10.0. The first-order valence-corrected chi connectivity index (χ1v) is 12.3. The van der Waals surface area contributed by atoms with Crippen LogP contribution in [0.5, 0.6) is 0 Å². The number of carbonyl (C=O) groups excluding carboxylic acids is 1. The van der Waals surface area contributed by atoms with Crippen LogP contribution in [0.2, 0.25) is 5.02 Å². The zero-order valence-electron chi connectivity index (χ0n) is 18.5. The maximum absolute atomic E-state index is 13.5. The van der Waals surface area contributed by atoms with Crippen molar-refractivity contribution in [2.45, 2.75) is 19.4 Å². The largest absolute Gasteiger partial charge is 0.337 e. The van der Waals surface area contributed by atoms with Gasteiger partial charge in [0.15, 0.2) is 5.13 Å². The summed E-state index contributed by atoms with van der Waals surface area (Å²) in [5.41, 5.74) is 4.01. The van der Waals surface area contributed by atoms with Crippen molar-refractivity contribution in [3.05, 3.63) is 102 Å². The number of halogens is 1. The number of para-hydroxylation sites is 1. The lowest BCUT2D eigenvalue weighted by Crippen LogP contribution is -2.33. The molecule has 0 saturated heterocycles. The Morgan fingerprint density at radius 2 is 1.76 bits per heavy atom. The molecule has 0 unspecified atom stereocenters. The molecule has 2 aromatic heterocycles. The first-order chi connectivity index (χ1) is 16.7. The van der Waals surface area contributed by atoms with E-state index in [4.69, 9.17) is 16.6 Å². The van der Waals surface area contributed by atoms with Crippen molar-refractivity contribution >= 4 is 44.2 Å². The van der Waals surface area contributed by atoms with Crippen LogP contribution in [0, 0.1) is 0 Å². The lowest BCUT2D eigenvalue weighted by Gasteiger charge is -2.20. The molecule has 1 amide bonds. The van der Waals surface area contributed by atoms with Crippen molar-refractivity contribution < 1.29 is 4.79 Å². The molecule has 0 fully saturated rings. The molecule has 2 heterocycles. The maximum atomic E-state index is 13.5. The highest BCUT2D eigenvalue weighted by molar-refractivity contribution is 7.22. The summed E-state index contributed by atoms with van der Waals surface area (Å²) in [4.78, 5) is 24.1. The Morgan fingerprint density at radius 3 is 2.50 bits per heavy atom. The number of imidazole rings is 1. The second kappa shape index (κ2) is 10.2. The van der Waals surface area contributed by atoms with Crippen molar-refractivity contribution in [3.63, 3.8) is 0 Å². The second-order valence-corrected chi connectivity index (χ2v) is 9.44. The summed E-state index contributed by atoms with van der Waals surface area (Å²) < 4.78 is 2.99. The molecule has 0 radical (unpaired) electrons. The summed E-state index contributed by atoms with van der Waals surface area (Å²) in [6.45, 7) is 1.34. The Labute approximate surface area is 207 Å². The van der Waals surface area contributed by atoms with E-state index in [0.717, 1.165) is 39.9 Å². The summed E-state index contributed by atoms with van der Waals surface area (Å²) >= 11 is 7.85. The highest BCUT2D eigenvalue weighted by Crippen LogP contribution is 2.33. The summed E-state index contributed by atoms with van der Waals surface area (Å²) in [7, 11) is 0. The summed E-state index contributed by atoms with van der Waals surface area (Å²) in [5.74, 6) is 0.0215. The standard InChI is InChI=1S/C27H23ClN4OS/c28-23-8-4-9-24-26(23)30-27(34-24)32(16-5-15-31-17-14-29-19-31)25(33)18-20-10-12-22(13-11-20)21-6-2-1-3-7-21/h1-4,6-14,17,19H,5,15-16,18H2. The van der Waals surface area contributed by atoms with Crippen molar-refractivity contribution in [2.75, 3.05) is 11.4 Å². The van der Waals surface area contributed by atoms with Crippen LogP contribution in [0.4, 0.5) is 5.13 Å². The molecule has 0 aliphatic rings. The minimum Gasteiger partial charge on any atom is -0.337 e. The smallest absolute Gasteiger partial charge is 0.233 e. The van der Waals surface area contributed by atoms with Crippen LogP contribution < -0.4 is 4.90 Å². The van der Waals surface area contributed by atoms with Gasteiger partial charge < -0.3 is 4.57 Å². The minimum atomic E-state index is 0.0215. The maximum Gasteiger partial charge on any atom is 0.233 e. The van der Waals surface area contributed by atoms with Crippen LogP contribution >= 0.6 is 22.9 Å². The second-order valence-electron chi connectivity index (χ2n) is 8.02. The SMILES string of the molecule is O=C(Cc1ccc(-c2ccccc2)cc1)N(CCCn1ccnc1)c1nc2c(Cl)cccc2s1. The number of fused-ring (bicyclic) bond motifs is 1. The van der Waals surface area contributed by atoms with E-state index in [1.165, 1.54) is 11.3 Å². The summed E-state index contributed by atoms with van der Waals surface area (Å²) in [6.07, 6.45) is 6.58. The average Bonchev–Trinajstić information content (AvgIpc) is 3.53. The number of thiazole rings is 1. The molecule has 0 aliphatic heterocycles. The van der Waals surface area contributed by atoms with Gasteiger partial charge >= 0.3 is 0 Å². The van der Waals surface area contributed by atoms with Crippen LogP contribution in [0.1, 0.15) is 12.0 Å². The van der Waals surface area contributed by atoms with Gasteiger partial charge in [0, 0.05) is 25.5 Å². The Hall–Kier alpha value is -3.48. The number of hydrogen-bond acceptors (Lipinski definition) is 4. The molecule has 3 aromatic carbocycles. The van der Waals surface area contributed by atoms with Gasteiger partial charge in [0.05, 0.1) is 22.5 Å². The first-order valence-electron chi connectivity index (χ1n) is 11.1. The number of rotatable bonds is 8. The van der Waals surface area contributed by atoms with Crippen molar-refractivity contribution in [1.82, 2.24) is 14.5 Å². The van der Waals surface area contributed by atoms with Gasteiger partial charge in [0.1, 0.15) is 5.52 Å². The molecule has 170 valence electrons. The van der Waals surface area contributed by atoms with Gasteiger partial charge in [0.2, 0.25) is 5.91 Å². The highest BCUT2D eigenvalue weighted by atomic mass is 35.5. The zero-order valence-corrected chi connectivity index (χ0v) is 20.0. The molecule has 34 heavy (non-hydrogen) atoms. The summed E-state index contributed by atoms with van der Waals surface area (Å²) in [6, 6.07) is 24.1. The van der Waals surface area contributed by atoms with Gasteiger partial charge in [-0.15, -0.1) is 0 Å². The molecule has 0 saturated carbocycles. The number of aryl methyl sites for hydroxylation is 1. The number of hydrogen-bond donors (Lipinski definition) is 0. The normalized spacial score (nSPS) is 11.1. The van der Waals surface area contributed by atoms with Crippen LogP contribution in [0.3, 0.4) is 0 Å². The first kappa shape index (κ1) is 22.3. The molecule has 7 heteroatoms. The Balaban J connectivity index is 1.36. The monoisotopic (exact) mass is 486 g/mol. The highest BCUT2D eigenvalue weighted by Gasteiger charge is 2.20. The minimum absolute atomic E-state index is 0.0215. The number of nitrogens with zero attached hydrogens (tertiary/aromatic N) is 4. The quantitative estimate of drug-likeness (QED) is 0.252. The van der Waals surface area contributed by atoms with Gasteiger partial charge in [-0.05, 0) is 35.2 Å². The Bertz CT molecular complexity index is 1380. The van der Waals surface area contributed by atoms with Gasteiger partial charge in [-0.25, -0.2) is 9.97 Å². The number of aromatic nitrogens is 3. The predicted molar refractivity (Wildman–Crippen MR) is 139 cm³/mol. The predicted octanol–water partition coefficient (Wildman–Crippen LogP) is 6.48. The van der Waals surface area contributed by atoms with Crippen molar-refractivity contribution in [1.29, 1.82) is 0 Å². The zero-order chi connectivity index (χ0) is 23.3. The molecule has 0 N–H and O–H groups in total. The van der Waals surface area contributed by atoms with Gasteiger partial charge in [-0.1, -0.05) is 83.6 Å². The van der Waals surface area contributed by atoms with Gasteiger partial charge in [-0.3, -0.25) is 9.69 Å². The third-order valence-electron chi connectivity index (χ3n) is 5.66. The van der Waals surface area contributed by atoms with E-state index in [1.54, 1.807) is 17.4 Å². The molecule has 5 rings (SSSR count). The topological polar surface area (TPSA) is 51.0 Å². The number of carbonyl (C=O) groups is 1. The van der Waals surface area contributed by atoms with E-state index in [2.05, 4.69) is 29.2 Å². The van der Waals surface area contributed by atoms with Crippen molar-refractivity contribution in [3.8, 4) is 11.1 Å². The molecule has 0 spiro atoms. The van der Waals surface area contributed by atoms with Gasteiger partial charge in [0.25, 0.3) is 0 Å². The molecular formula is C27H23ClN4OS. The van der Waals surface area contributed by atoms with E-state index in [-0.39, 0.29) is 5.91 Å². The molecule has 0 aliphatic carbocycles. The molecule has 5 nitrogen and oxygen atoms in total. The van der Waals surface area contributed by atoms with E-state index in [0.29, 0.717) is 23.1 Å². The van der Waals surface area contributed by atoms with Crippen LogP contribution in [0.25, 0.3) is 21.3 Å². The third kappa shape index (κ3) is 5.03. The fraction of sp³-hybridized carbons (Fsp3) is 0.148. The number of anilines is 1. The van der Waals surface area contributed by atoms with Crippen LogP contribution in [-0.2, 0) is 17.8 Å². The molecule has 0 bridgehead atoms. The number of amides is 1. The van der Waals surface area contributed by atoms with Crippen molar-refractivity contribution in [2.24, 2.45) is 0 Å². The van der Waals surface area contributed by atoms with E-state index < -0.39 is 0 Å². The Morgan fingerprint density at radius 1 is 0.971 bits per heavy atom. The van der Waals surface area contributed by atoms with Crippen LogP contribution in [0.15, 0.2) is 91.5 Å². The number of benzene rings is 3. The van der Waals surface area contributed by atoms with E-state index >= 15 is 0 Å². The molecular weight excluding hydrogens is 464 g/mol. The molecule has 5 aromatic rings. The average molecular weight is 487 g/mol. The van der Waals surface area contributed by atoms with Gasteiger partial charge in [-0.2, -0.15) is 0 Å². The Kier molecular flexibility index (Phi) is 6.70. The molecule has 0 atom stereocenters. The fourth-order valence-corrected chi connectivity index (χ4v) is 5.20. The lowest BCUT2D eigenvalue weighted by molar-refractivity contribution is -0.118. The van der Waals surface area contributed by atoms with E-state index in [9.17, 15) is 4.79 Å². The fourth-order valence-electron chi connectivity index (χ4n) is 3.89. The van der Waals surface area contributed by atoms with E-state index in [1.807, 2.05) is 59.3 Å². The summed E-state index contributed by atoms with van der Waals surface area (Å²) in [5, 5.41) is 1.28. The van der Waals surface area contributed by atoms with Crippen LogP contribution in [-0.4, -0.2) is 27.0 Å². The third-order valence-corrected chi connectivity index (χ3v) is 7.01.